The number of nitrogens with one attached hydrogen (secondary N) is 1. The molecule has 0 fully saturated rings. The number of amides is 1. The van der Waals surface area contributed by atoms with Gasteiger partial charge in [-0.15, -0.1) is 0 Å². The van der Waals surface area contributed by atoms with Crippen molar-refractivity contribution in [2.75, 3.05) is 44.1 Å². The zero-order valence-corrected chi connectivity index (χ0v) is 13.7. The molecule has 1 amide bonds. The smallest absolute Gasteiger partial charge is 0.243 e. The van der Waals surface area contributed by atoms with E-state index in [-0.39, 0.29) is 12.5 Å². The average Bonchev–Trinajstić information content (AvgIpc) is 2.61. The quantitative estimate of drug-likeness (QED) is 0.914. The minimum absolute atomic E-state index is 0.109. The van der Waals surface area contributed by atoms with Gasteiger partial charge in [-0.05, 0) is 12.1 Å². The third kappa shape index (κ3) is 3.53. The number of fused-ring (bicyclic) bond motifs is 1. The van der Waals surface area contributed by atoms with Gasteiger partial charge in [-0.1, -0.05) is 12.1 Å². The lowest BCUT2D eigenvalue weighted by Gasteiger charge is -2.30. The molecule has 0 bridgehead atoms. The van der Waals surface area contributed by atoms with Crippen molar-refractivity contribution in [2.24, 2.45) is 0 Å². The van der Waals surface area contributed by atoms with Crippen molar-refractivity contribution < 1.29 is 19.0 Å². The Labute approximate surface area is 140 Å². The Bertz CT molecular complexity index is 710. The summed E-state index contributed by atoms with van der Waals surface area (Å²) >= 11 is 0. The number of ether oxygens (including phenoxy) is 3. The largest absolute Gasteiger partial charge is 0.497 e. The van der Waals surface area contributed by atoms with E-state index in [0.717, 1.165) is 11.4 Å². The molecule has 6 nitrogen and oxygen atoms in total. The molecule has 0 radical (unpaired) electrons. The first kappa shape index (κ1) is 16.0. The molecule has 6 heteroatoms. The SMILES string of the molecule is COc1cc(NC(=O)CN2CCOc3ccccc32)cc(OC)c1. The fourth-order valence-corrected chi connectivity index (χ4v) is 2.64. The summed E-state index contributed by atoms with van der Waals surface area (Å²) in [5.41, 5.74) is 1.57. The molecule has 3 rings (SSSR count). The topological polar surface area (TPSA) is 60.0 Å². The van der Waals surface area contributed by atoms with E-state index >= 15 is 0 Å². The normalized spacial score (nSPS) is 12.8. The van der Waals surface area contributed by atoms with Gasteiger partial charge < -0.3 is 24.4 Å². The third-order valence-corrected chi connectivity index (χ3v) is 3.79. The van der Waals surface area contributed by atoms with Crippen molar-refractivity contribution in [1.82, 2.24) is 0 Å². The second-order valence-electron chi connectivity index (χ2n) is 5.39. The molecule has 1 heterocycles. The van der Waals surface area contributed by atoms with E-state index in [0.29, 0.717) is 30.3 Å². The van der Waals surface area contributed by atoms with Crippen molar-refractivity contribution in [3.8, 4) is 17.2 Å². The van der Waals surface area contributed by atoms with Crippen molar-refractivity contribution in [3.05, 3.63) is 42.5 Å². The molecule has 0 aliphatic carbocycles. The highest BCUT2D eigenvalue weighted by Crippen LogP contribution is 2.31. The van der Waals surface area contributed by atoms with Crippen LogP contribution in [0.1, 0.15) is 0 Å². The van der Waals surface area contributed by atoms with Gasteiger partial charge in [0.15, 0.2) is 0 Å². The zero-order chi connectivity index (χ0) is 16.9. The standard InChI is InChI=1S/C18H20N2O4/c1-22-14-9-13(10-15(11-14)23-2)19-18(21)12-20-7-8-24-17-6-4-3-5-16(17)20/h3-6,9-11H,7-8,12H2,1-2H3,(H,19,21). The zero-order valence-electron chi connectivity index (χ0n) is 13.7. The summed E-state index contributed by atoms with van der Waals surface area (Å²) in [4.78, 5) is 14.4. The lowest BCUT2D eigenvalue weighted by molar-refractivity contribution is -0.115. The molecule has 1 N–H and O–H groups in total. The number of carbonyl (C=O) groups excluding carboxylic acids is 1. The van der Waals surface area contributed by atoms with Crippen LogP contribution in [0.3, 0.4) is 0 Å². The summed E-state index contributed by atoms with van der Waals surface area (Å²) in [5, 5.41) is 2.89. The molecule has 0 aromatic heterocycles. The highest BCUT2D eigenvalue weighted by atomic mass is 16.5. The van der Waals surface area contributed by atoms with Crippen LogP contribution in [0.25, 0.3) is 0 Å². The van der Waals surface area contributed by atoms with Crippen LogP contribution in [-0.4, -0.2) is 39.8 Å². The van der Waals surface area contributed by atoms with Crippen LogP contribution in [0.2, 0.25) is 0 Å². The second-order valence-corrected chi connectivity index (χ2v) is 5.39. The number of hydrogen-bond acceptors (Lipinski definition) is 5. The van der Waals surface area contributed by atoms with Crippen LogP contribution >= 0.6 is 0 Å². The lowest BCUT2D eigenvalue weighted by Crippen LogP contribution is -2.38. The van der Waals surface area contributed by atoms with Crippen LogP contribution in [0.4, 0.5) is 11.4 Å². The fourth-order valence-electron chi connectivity index (χ4n) is 2.64. The van der Waals surface area contributed by atoms with E-state index in [9.17, 15) is 4.79 Å². The van der Waals surface area contributed by atoms with Crippen LogP contribution in [0.5, 0.6) is 17.2 Å². The van der Waals surface area contributed by atoms with Crippen LogP contribution in [0.15, 0.2) is 42.5 Å². The highest BCUT2D eigenvalue weighted by Gasteiger charge is 2.19. The van der Waals surface area contributed by atoms with Crippen LogP contribution < -0.4 is 24.4 Å². The van der Waals surface area contributed by atoms with E-state index in [1.54, 1.807) is 32.4 Å². The summed E-state index contributed by atoms with van der Waals surface area (Å²) in [6.45, 7) is 1.49. The number of para-hydroxylation sites is 2. The van der Waals surface area contributed by atoms with Crippen molar-refractivity contribution in [2.45, 2.75) is 0 Å². The summed E-state index contributed by atoms with van der Waals surface area (Å²) in [7, 11) is 3.15. The van der Waals surface area contributed by atoms with Crippen LogP contribution in [0, 0.1) is 0 Å². The Balaban J connectivity index is 1.71. The Morgan fingerprint density at radius 3 is 2.58 bits per heavy atom. The number of benzene rings is 2. The first-order valence-corrected chi connectivity index (χ1v) is 7.69. The lowest BCUT2D eigenvalue weighted by atomic mass is 10.2. The molecule has 126 valence electrons. The maximum absolute atomic E-state index is 12.4. The third-order valence-electron chi connectivity index (χ3n) is 3.79. The van der Waals surface area contributed by atoms with E-state index in [2.05, 4.69) is 5.32 Å². The van der Waals surface area contributed by atoms with E-state index in [1.807, 2.05) is 29.2 Å². The van der Waals surface area contributed by atoms with Gasteiger partial charge in [-0.3, -0.25) is 4.79 Å². The predicted molar refractivity (Wildman–Crippen MR) is 92.3 cm³/mol. The van der Waals surface area contributed by atoms with Gasteiger partial charge in [0.2, 0.25) is 5.91 Å². The van der Waals surface area contributed by atoms with Gasteiger partial charge in [-0.2, -0.15) is 0 Å². The van der Waals surface area contributed by atoms with E-state index in [4.69, 9.17) is 14.2 Å². The molecule has 24 heavy (non-hydrogen) atoms. The first-order valence-electron chi connectivity index (χ1n) is 7.69. The fraction of sp³-hybridized carbons (Fsp3) is 0.278. The Kier molecular flexibility index (Phi) is 4.74. The number of rotatable bonds is 5. The summed E-state index contributed by atoms with van der Waals surface area (Å²) in [6, 6.07) is 13.0. The minimum atomic E-state index is -0.109. The molecule has 0 spiro atoms. The Hall–Kier alpha value is -2.89. The monoisotopic (exact) mass is 328 g/mol. The number of nitrogens with zero attached hydrogens (tertiary/aromatic N) is 1. The number of hydrogen-bond donors (Lipinski definition) is 1. The maximum atomic E-state index is 12.4. The predicted octanol–water partition coefficient (Wildman–Crippen LogP) is 2.54. The molecule has 2 aromatic carbocycles. The van der Waals surface area contributed by atoms with Gasteiger partial charge >= 0.3 is 0 Å². The number of anilines is 2. The molecule has 0 saturated heterocycles. The highest BCUT2D eigenvalue weighted by molar-refractivity contribution is 5.94. The van der Waals surface area contributed by atoms with E-state index in [1.165, 1.54) is 0 Å². The molecule has 2 aromatic rings. The summed E-state index contributed by atoms with van der Waals surface area (Å²) in [6.07, 6.45) is 0. The van der Waals surface area contributed by atoms with E-state index < -0.39 is 0 Å². The van der Waals surface area contributed by atoms with Crippen molar-refractivity contribution in [1.29, 1.82) is 0 Å². The van der Waals surface area contributed by atoms with Crippen LogP contribution in [-0.2, 0) is 4.79 Å². The van der Waals surface area contributed by atoms with Gasteiger partial charge in [-0.25, -0.2) is 0 Å². The molecular formula is C18H20N2O4. The summed E-state index contributed by atoms with van der Waals surface area (Å²) in [5.74, 6) is 1.95. The molecule has 1 aliphatic heterocycles. The van der Waals surface area contributed by atoms with Crippen molar-refractivity contribution >= 4 is 17.3 Å². The van der Waals surface area contributed by atoms with Gasteiger partial charge in [0, 0.05) is 23.9 Å². The summed E-state index contributed by atoms with van der Waals surface area (Å²) < 4.78 is 16.0. The maximum Gasteiger partial charge on any atom is 0.243 e. The molecule has 0 saturated carbocycles. The van der Waals surface area contributed by atoms with Gasteiger partial charge in [0.05, 0.1) is 33.0 Å². The second kappa shape index (κ2) is 7.12. The first-order chi connectivity index (χ1) is 11.7. The van der Waals surface area contributed by atoms with Gasteiger partial charge in [0.25, 0.3) is 0 Å². The molecule has 0 unspecified atom stereocenters. The van der Waals surface area contributed by atoms with Crippen molar-refractivity contribution in [3.63, 3.8) is 0 Å². The Morgan fingerprint density at radius 2 is 1.88 bits per heavy atom. The molecule has 1 aliphatic rings. The number of methoxy groups -OCH3 is 2. The molecule has 0 atom stereocenters. The molecular weight excluding hydrogens is 308 g/mol. The Morgan fingerprint density at radius 1 is 1.17 bits per heavy atom. The minimum Gasteiger partial charge on any atom is -0.497 e. The van der Waals surface area contributed by atoms with Gasteiger partial charge in [0.1, 0.15) is 23.9 Å². The average molecular weight is 328 g/mol. The number of carbonyl (C=O) groups is 1.